The van der Waals surface area contributed by atoms with Gasteiger partial charge in [0.2, 0.25) is 0 Å². The number of likely N-dealkylation sites (tertiary alicyclic amines) is 1. The van der Waals surface area contributed by atoms with E-state index >= 15 is 0 Å². The minimum Gasteiger partial charge on any atom is -0.338 e. The number of hydrogen-bond acceptors (Lipinski definition) is 2. The Morgan fingerprint density at radius 2 is 1.94 bits per heavy atom. The topological polar surface area (TPSA) is 32.3 Å². The molecule has 2 atom stereocenters. The molecule has 2 amide bonds. The monoisotopic (exact) mass is 270 g/mol. The molecule has 0 bridgehead atoms. The summed E-state index contributed by atoms with van der Waals surface area (Å²) in [5, 5.41) is 3.07. The third kappa shape index (κ3) is 3.81. The number of unbranched alkanes of at least 4 members (excludes halogenated alkanes) is 2. The molecular formula is C14H26N2OS. The van der Waals surface area contributed by atoms with Crippen molar-refractivity contribution < 1.29 is 4.79 Å². The van der Waals surface area contributed by atoms with Crippen LogP contribution in [0.3, 0.4) is 0 Å². The minimum atomic E-state index is 0.175. The average molecular weight is 270 g/mol. The zero-order valence-electron chi connectivity index (χ0n) is 11.5. The zero-order valence-corrected chi connectivity index (χ0v) is 12.3. The van der Waals surface area contributed by atoms with Crippen molar-refractivity contribution in [2.45, 2.75) is 38.5 Å². The van der Waals surface area contributed by atoms with Gasteiger partial charge in [0, 0.05) is 19.6 Å². The Hall–Kier alpha value is -0.380. The predicted octanol–water partition coefficient (Wildman–Crippen LogP) is 2.96. The highest BCUT2D eigenvalue weighted by molar-refractivity contribution is 7.98. The molecule has 1 saturated heterocycles. The van der Waals surface area contributed by atoms with Crippen LogP contribution in [-0.4, -0.2) is 42.6 Å². The molecule has 1 heterocycles. The number of nitrogens with one attached hydrogen (secondary N) is 1. The van der Waals surface area contributed by atoms with Crippen molar-refractivity contribution in [3.8, 4) is 0 Å². The highest BCUT2D eigenvalue weighted by atomic mass is 32.2. The van der Waals surface area contributed by atoms with E-state index in [1.54, 1.807) is 0 Å². The normalized spacial score (nSPS) is 26.4. The van der Waals surface area contributed by atoms with Crippen LogP contribution in [0.25, 0.3) is 0 Å². The first-order valence-corrected chi connectivity index (χ1v) is 8.72. The number of carbonyl (C=O) groups is 1. The van der Waals surface area contributed by atoms with Gasteiger partial charge in [-0.15, -0.1) is 0 Å². The van der Waals surface area contributed by atoms with Gasteiger partial charge in [0.05, 0.1) is 0 Å². The van der Waals surface area contributed by atoms with Gasteiger partial charge in [-0.2, -0.15) is 11.8 Å². The van der Waals surface area contributed by atoms with Crippen molar-refractivity contribution in [2.24, 2.45) is 11.8 Å². The molecule has 0 aromatic carbocycles. The summed E-state index contributed by atoms with van der Waals surface area (Å²) in [6.07, 6.45) is 9.81. The number of nitrogens with zero attached hydrogens (tertiary/aromatic N) is 1. The van der Waals surface area contributed by atoms with Crippen molar-refractivity contribution in [1.29, 1.82) is 0 Å². The van der Waals surface area contributed by atoms with Crippen LogP contribution in [0, 0.1) is 11.8 Å². The summed E-state index contributed by atoms with van der Waals surface area (Å²) in [4.78, 5) is 14.0. The number of fused-ring (bicyclic) bond motifs is 1. The standard InChI is InChI=1S/C14H26N2OS/c1-18-9-4-2-3-8-15-14(17)16-10-12-6-5-7-13(12)11-16/h12-13H,2-11H2,1H3,(H,15,17)/t12-,13-/m1/s1. The zero-order chi connectivity index (χ0) is 12.8. The van der Waals surface area contributed by atoms with E-state index in [2.05, 4.69) is 11.6 Å². The van der Waals surface area contributed by atoms with Crippen LogP contribution < -0.4 is 5.32 Å². The van der Waals surface area contributed by atoms with Gasteiger partial charge in [-0.25, -0.2) is 4.79 Å². The summed E-state index contributed by atoms with van der Waals surface area (Å²) in [6, 6.07) is 0.175. The van der Waals surface area contributed by atoms with Crippen molar-refractivity contribution in [2.75, 3.05) is 31.6 Å². The second-order valence-electron chi connectivity index (χ2n) is 5.64. The maximum absolute atomic E-state index is 12.0. The van der Waals surface area contributed by atoms with Gasteiger partial charge in [0.15, 0.2) is 0 Å². The number of amides is 2. The van der Waals surface area contributed by atoms with Crippen LogP contribution in [0.1, 0.15) is 38.5 Å². The summed E-state index contributed by atoms with van der Waals surface area (Å²) in [5.74, 6) is 2.85. The van der Waals surface area contributed by atoms with Crippen LogP contribution in [0.4, 0.5) is 4.79 Å². The second kappa shape index (κ2) is 7.27. The summed E-state index contributed by atoms with van der Waals surface area (Å²) in [5.41, 5.74) is 0. The molecule has 2 fully saturated rings. The summed E-state index contributed by atoms with van der Waals surface area (Å²) in [6.45, 7) is 2.85. The molecule has 0 spiro atoms. The number of rotatable bonds is 6. The van der Waals surface area contributed by atoms with E-state index in [0.29, 0.717) is 0 Å². The van der Waals surface area contributed by atoms with Gasteiger partial charge >= 0.3 is 6.03 Å². The quantitative estimate of drug-likeness (QED) is 0.753. The maximum atomic E-state index is 12.0. The molecule has 0 unspecified atom stereocenters. The highest BCUT2D eigenvalue weighted by Gasteiger charge is 2.37. The van der Waals surface area contributed by atoms with Crippen molar-refractivity contribution in [3.05, 3.63) is 0 Å². The fraction of sp³-hybridized carbons (Fsp3) is 0.929. The van der Waals surface area contributed by atoms with Gasteiger partial charge in [0.25, 0.3) is 0 Å². The van der Waals surface area contributed by atoms with E-state index in [9.17, 15) is 4.79 Å². The largest absolute Gasteiger partial charge is 0.338 e. The Labute approximate surface area is 115 Å². The van der Waals surface area contributed by atoms with Gasteiger partial charge in [-0.3, -0.25) is 0 Å². The smallest absolute Gasteiger partial charge is 0.317 e. The Bertz CT molecular complexity index is 261. The molecule has 2 aliphatic rings. The Morgan fingerprint density at radius 3 is 2.61 bits per heavy atom. The molecule has 1 N–H and O–H groups in total. The molecule has 3 nitrogen and oxygen atoms in total. The first kappa shape index (κ1) is 14.0. The molecule has 4 heteroatoms. The predicted molar refractivity (Wildman–Crippen MR) is 78.0 cm³/mol. The molecule has 0 aromatic rings. The average Bonchev–Trinajstić information content (AvgIpc) is 2.93. The SMILES string of the molecule is CSCCCCCNC(=O)N1C[C@H]2CCC[C@@H]2C1. The lowest BCUT2D eigenvalue weighted by Crippen LogP contribution is -2.39. The van der Waals surface area contributed by atoms with E-state index in [1.165, 1.54) is 37.9 Å². The van der Waals surface area contributed by atoms with E-state index in [4.69, 9.17) is 0 Å². The van der Waals surface area contributed by atoms with Crippen LogP contribution in [-0.2, 0) is 0 Å². The van der Waals surface area contributed by atoms with E-state index < -0.39 is 0 Å². The highest BCUT2D eigenvalue weighted by Crippen LogP contribution is 2.37. The molecule has 0 aromatic heterocycles. The van der Waals surface area contributed by atoms with Crippen LogP contribution in [0.2, 0.25) is 0 Å². The van der Waals surface area contributed by atoms with E-state index in [-0.39, 0.29) is 6.03 Å². The Balaban J connectivity index is 1.55. The van der Waals surface area contributed by atoms with E-state index in [0.717, 1.165) is 37.9 Å². The number of thioether (sulfide) groups is 1. The molecular weight excluding hydrogens is 244 g/mol. The Morgan fingerprint density at radius 1 is 1.22 bits per heavy atom. The molecule has 1 aliphatic heterocycles. The van der Waals surface area contributed by atoms with Gasteiger partial charge in [-0.05, 0) is 49.5 Å². The third-order valence-electron chi connectivity index (χ3n) is 4.31. The molecule has 104 valence electrons. The van der Waals surface area contributed by atoms with Crippen molar-refractivity contribution in [3.63, 3.8) is 0 Å². The summed E-state index contributed by atoms with van der Waals surface area (Å²) < 4.78 is 0. The number of hydrogen-bond donors (Lipinski definition) is 1. The lowest BCUT2D eigenvalue weighted by Gasteiger charge is -2.18. The lowest BCUT2D eigenvalue weighted by molar-refractivity contribution is 0.205. The number of urea groups is 1. The fourth-order valence-electron chi connectivity index (χ4n) is 3.26. The first-order chi connectivity index (χ1) is 8.81. The fourth-order valence-corrected chi connectivity index (χ4v) is 3.75. The van der Waals surface area contributed by atoms with Gasteiger partial charge in [-0.1, -0.05) is 12.8 Å². The molecule has 0 radical (unpaired) electrons. The summed E-state index contributed by atoms with van der Waals surface area (Å²) >= 11 is 1.90. The van der Waals surface area contributed by atoms with Gasteiger partial charge < -0.3 is 10.2 Å². The van der Waals surface area contributed by atoms with Crippen molar-refractivity contribution in [1.82, 2.24) is 10.2 Å². The summed E-state index contributed by atoms with van der Waals surface area (Å²) in [7, 11) is 0. The Kier molecular flexibility index (Phi) is 5.67. The van der Waals surface area contributed by atoms with E-state index in [1.807, 2.05) is 16.7 Å². The third-order valence-corrected chi connectivity index (χ3v) is 5.01. The van der Waals surface area contributed by atoms with Crippen LogP contribution in [0.5, 0.6) is 0 Å². The lowest BCUT2D eigenvalue weighted by atomic mass is 10.0. The maximum Gasteiger partial charge on any atom is 0.317 e. The molecule has 2 rings (SSSR count). The first-order valence-electron chi connectivity index (χ1n) is 7.33. The second-order valence-corrected chi connectivity index (χ2v) is 6.63. The van der Waals surface area contributed by atoms with Crippen molar-refractivity contribution >= 4 is 17.8 Å². The minimum absolute atomic E-state index is 0.175. The van der Waals surface area contributed by atoms with Crippen LogP contribution >= 0.6 is 11.8 Å². The molecule has 18 heavy (non-hydrogen) atoms. The van der Waals surface area contributed by atoms with Crippen LogP contribution in [0.15, 0.2) is 0 Å². The molecule has 1 aliphatic carbocycles. The molecule has 1 saturated carbocycles. The van der Waals surface area contributed by atoms with Gasteiger partial charge in [0.1, 0.15) is 0 Å². The number of carbonyl (C=O) groups excluding carboxylic acids is 1.